The molecule has 0 bridgehead atoms. The van der Waals surface area contributed by atoms with Gasteiger partial charge in [-0.2, -0.15) is 0 Å². The highest BCUT2D eigenvalue weighted by atomic mass is 16.7. The SMILES string of the molecule is C=C.C=C(Oc1ccc(/C=C/c2cc[n+](C)cc2)cc1)C(OC)OC.CCc1c[n+](C)ccc1/C=C/c1ccc(OCC(OC)OC)cc1.COC(COc1ccc(/C=C/c2cc[n+](C)cc2)cc1)OC.C[n+]1ccc(/C=C/c2ccc(OCC3OCCO3)cc2)cc1. The number of pyridine rings is 4. The van der Waals surface area contributed by atoms with Gasteiger partial charge in [-0.25, -0.2) is 18.3 Å². The first-order valence-electron chi connectivity index (χ1n) is 30.4. The van der Waals surface area contributed by atoms with Gasteiger partial charge in [0.05, 0.1) is 13.2 Å². The van der Waals surface area contributed by atoms with Crippen molar-refractivity contribution in [3.63, 3.8) is 0 Å². The molecule has 0 amide bonds. The summed E-state index contributed by atoms with van der Waals surface area (Å²) in [5, 5.41) is 0. The molecule has 0 radical (unpaired) electrons. The van der Waals surface area contributed by atoms with Crippen LogP contribution < -0.4 is 37.2 Å². The van der Waals surface area contributed by atoms with Crippen LogP contribution in [0.15, 0.2) is 215 Å². The van der Waals surface area contributed by atoms with Crippen LogP contribution in [0.1, 0.15) is 57.0 Å². The molecule has 1 aliphatic heterocycles. The van der Waals surface area contributed by atoms with E-state index in [-0.39, 0.29) is 18.9 Å². The van der Waals surface area contributed by atoms with Crippen molar-refractivity contribution in [1.29, 1.82) is 0 Å². The van der Waals surface area contributed by atoms with Gasteiger partial charge in [0.1, 0.15) is 71.0 Å². The highest BCUT2D eigenvalue weighted by molar-refractivity contribution is 5.72. The highest BCUT2D eigenvalue weighted by Gasteiger charge is 2.17. The van der Waals surface area contributed by atoms with E-state index in [0.717, 1.165) is 51.5 Å². The Hall–Kier alpha value is -9.20. The number of aromatic nitrogens is 4. The summed E-state index contributed by atoms with van der Waals surface area (Å²) in [4.78, 5) is 0. The minimum Gasteiger partial charge on any atom is -0.488 e. The second kappa shape index (κ2) is 42.8. The Balaban J connectivity index is 0.000000223. The molecule has 5 heterocycles. The number of ether oxygens (including phenoxy) is 12. The van der Waals surface area contributed by atoms with E-state index in [4.69, 9.17) is 56.8 Å². The van der Waals surface area contributed by atoms with Crippen LogP contribution in [0.25, 0.3) is 48.6 Å². The van der Waals surface area contributed by atoms with E-state index in [2.05, 4.69) is 135 Å². The van der Waals surface area contributed by atoms with Crippen molar-refractivity contribution in [2.75, 3.05) is 75.7 Å². The first kappa shape index (κ1) is 74.5. The monoisotopic (exact) mass is 1270 g/mol. The topological polar surface area (TPSA) is 126 Å². The van der Waals surface area contributed by atoms with E-state index < -0.39 is 6.29 Å². The molecule has 9 rings (SSSR count). The summed E-state index contributed by atoms with van der Waals surface area (Å²) in [6, 6.07) is 46.2. The number of hydrogen-bond donors (Lipinski definition) is 0. The molecule has 490 valence electrons. The lowest BCUT2D eigenvalue weighted by atomic mass is 10.1. The van der Waals surface area contributed by atoms with Crippen molar-refractivity contribution in [3.05, 3.63) is 265 Å². The van der Waals surface area contributed by atoms with Crippen LogP contribution in [0.4, 0.5) is 0 Å². The number of rotatable bonds is 27. The van der Waals surface area contributed by atoms with E-state index in [1.807, 2.05) is 176 Å². The summed E-state index contributed by atoms with van der Waals surface area (Å²) < 4.78 is 71.8. The lowest BCUT2D eigenvalue weighted by molar-refractivity contribution is -0.672. The van der Waals surface area contributed by atoms with Crippen LogP contribution in [-0.2, 0) is 72.5 Å². The third-order valence-electron chi connectivity index (χ3n) is 13.8. The molecule has 8 aromatic rings. The van der Waals surface area contributed by atoms with E-state index in [1.165, 1.54) is 22.3 Å². The van der Waals surface area contributed by atoms with Gasteiger partial charge in [-0.3, -0.25) is 0 Å². The molecular weight excluding hydrogens is 1170 g/mol. The molecule has 0 atom stereocenters. The van der Waals surface area contributed by atoms with Crippen molar-refractivity contribution < 1.29 is 75.1 Å². The number of hydrogen-bond acceptors (Lipinski definition) is 12. The molecule has 0 unspecified atom stereocenters. The van der Waals surface area contributed by atoms with Crippen LogP contribution >= 0.6 is 0 Å². The first-order valence-corrected chi connectivity index (χ1v) is 30.4. The number of methoxy groups -OCH3 is 6. The Morgan fingerprint density at radius 3 is 1.06 bits per heavy atom. The standard InChI is InChI=1S/C20H26NO3.C19H22NO3.C18H20NO3.C18H22NO3.C2H4/c1-5-17-14-21(2)13-12-18(17)9-6-16-7-10-19(11-8-16)24-15-20(22-3)23-4;1-15(19(21-3)22-4)23-18-9-7-16(8-10-18)5-6-17-11-13-20(2)14-12-17;1-19-10-8-16(9-11-19)3-2-15-4-6-17(7-5-15)22-14-18-20-12-13-21-18;1-19-12-10-16(11-13-19)5-4-15-6-8-17(9-7-15)22-14-18(20-2)21-3;1-2/h6-14,20H,5,15H2,1-4H3;5-14,19H,1H2,2-4H3;2-11,18H,12-14H2,1H3;4-13,18H,14H2,1-3H3;1-2H2/q4*+1;/b9-6+;6-5+;3-2+;5-4+;. The van der Waals surface area contributed by atoms with Crippen molar-refractivity contribution in [2.24, 2.45) is 28.2 Å². The Morgan fingerprint density at radius 1 is 0.419 bits per heavy atom. The van der Waals surface area contributed by atoms with Crippen LogP contribution in [0.3, 0.4) is 0 Å². The van der Waals surface area contributed by atoms with Crippen LogP contribution in [0, 0.1) is 0 Å². The maximum Gasteiger partial charge on any atom is 0.216 e. The van der Waals surface area contributed by atoms with E-state index in [1.54, 1.807) is 42.7 Å². The second-order valence-electron chi connectivity index (χ2n) is 20.7. The molecule has 16 nitrogen and oxygen atoms in total. The Labute approximate surface area is 551 Å². The summed E-state index contributed by atoms with van der Waals surface area (Å²) >= 11 is 0. The fourth-order valence-corrected chi connectivity index (χ4v) is 8.45. The lowest BCUT2D eigenvalue weighted by Crippen LogP contribution is -2.27. The van der Waals surface area contributed by atoms with Gasteiger partial charge < -0.3 is 56.8 Å². The van der Waals surface area contributed by atoms with Crippen LogP contribution in [-0.4, -0.2) is 101 Å². The Bertz CT molecular complexity index is 3370. The molecule has 0 aliphatic carbocycles. The molecule has 0 N–H and O–H groups in total. The largest absolute Gasteiger partial charge is 0.488 e. The maximum absolute atomic E-state index is 5.64. The third kappa shape index (κ3) is 28.5. The van der Waals surface area contributed by atoms with Crippen LogP contribution in [0.5, 0.6) is 23.0 Å². The Morgan fingerprint density at radius 2 is 0.731 bits per heavy atom. The normalized spacial score (nSPS) is 12.1. The van der Waals surface area contributed by atoms with Gasteiger partial charge in [0.25, 0.3) is 0 Å². The number of aryl methyl sites for hydroxylation is 5. The second-order valence-corrected chi connectivity index (χ2v) is 20.7. The van der Waals surface area contributed by atoms with Crippen LogP contribution in [0.2, 0.25) is 0 Å². The summed E-state index contributed by atoms with van der Waals surface area (Å²) in [6.07, 6.45) is 32.6. The zero-order valence-electron chi connectivity index (χ0n) is 55.9. The predicted molar refractivity (Wildman–Crippen MR) is 368 cm³/mol. The molecule has 0 saturated carbocycles. The van der Waals surface area contributed by atoms with Gasteiger partial charge >= 0.3 is 0 Å². The van der Waals surface area contributed by atoms with Crippen molar-refractivity contribution in [2.45, 2.75) is 38.5 Å². The summed E-state index contributed by atoms with van der Waals surface area (Å²) in [7, 11) is 17.5. The summed E-state index contributed by atoms with van der Waals surface area (Å²) in [5.41, 5.74) is 10.6. The van der Waals surface area contributed by atoms with Gasteiger partial charge in [-0.1, -0.05) is 111 Å². The van der Waals surface area contributed by atoms with Gasteiger partial charge in [0.2, 0.25) is 6.29 Å². The smallest absolute Gasteiger partial charge is 0.216 e. The number of benzene rings is 4. The molecule has 4 aromatic carbocycles. The van der Waals surface area contributed by atoms with E-state index >= 15 is 0 Å². The van der Waals surface area contributed by atoms with E-state index in [0.29, 0.717) is 44.5 Å². The average molecular weight is 1270 g/mol. The molecule has 93 heavy (non-hydrogen) atoms. The summed E-state index contributed by atoms with van der Waals surface area (Å²) in [5.74, 6) is 3.52. The van der Waals surface area contributed by atoms with Crippen molar-refractivity contribution in [1.82, 2.24) is 0 Å². The minimum absolute atomic E-state index is 0.237. The predicted octanol–water partition coefficient (Wildman–Crippen LogP) is 12.3. The fourth-order valence-electron chi connectivity index (χ4n) is 8.45. The fraction of sp³-hybridized carbons (Fsp3) is 0.273. The maximum atomic E-state index is 5.64. The first-order chi connectivity index (χ1) is 45.3. The quantitative estimate of drug-likeness (QED) is 0.0211. The lowest BCUT2D eigenvalue weighted by Gasteiger charge is -2.16. The summed E-state index contributed by atoms with van der Waals surface area (Å²) in [6.45, 7) is 14.4. The average Bonchev–Trinajstić information content (AvgIpc) is 2.36. The zero-order chi connectivity index (χ0) is 67.0. The minimum atomic E-state index is -0.575. The van der Waals surface area contributed by atoms with Gasteiger partial charge in [0.15, 0.2) is 74.2 Å². The number of nitrogens with zero attached hydrogens (tertiary/aromatic N) is 4. The van der Waals surface area contributed by atoms with Gasteiger partial charge in [0, 0.05) is 90.7 Å². The molecule has 4 aromatic heterocycles. The molecule has 1 aliphatic rings. The van der Waals surface area contributed by atoms with Gasteiger partial charge in [-0.05, 0) is 99.5 Å². The molecular formula is C77H94N4O12+4. The zero-order valence-corrected chi connectivity index (χ0v) is 55.9. The highest BCUT2D eigenvalue weighted by Crippen LogP contribution is 2.21. The molecule has 0 spiro atoms. The van der Waals surface area contributed by atoms with Crippen molar-refractivity contribution >= 4 is 48.6 Å². The van der Waals surface area contributed by atoms with Gasteiger partial charge in [-0.15, -0.1) is 13.2 Å². The Kier molecular flexibility index (Phi) is 34.3. The molecule has 16 heteroatoms. The third-order valence-corrected chi connectivity index (χ3v) is 13.8. The van der Waals surface area contributed by atoms with E-state index in [9.17, 15) is 0 Å². The van der Waals surface area contributed by atoms with Crippen molar-refractivity contribution in [3.8, 4) is 23.0 Å². The molecule has 1 saturated heterocycles. The molecule has 1 fully saturated rings.